The van der Waals surface area contributed by atoms with Crippen LogP contribution in [0.3, 0.4) is 0 Å². The molecule has 124 valence electrons. The number of hydrogen-bond donors (Lipinski definition) is 2. The largest absolute Gasteiger partial charge is 0.441 e. The molecule has 5 nitrogen and oxygen atoms in total. The van der Waals surface area contributed by atoms with Gasteiger partial charge in [-0.05, 0) is 24.1 Å². The fourth-order valence-corrected chi connectivity index (χ4v) is 2.64. The number of rotatable bonds is 6. The van der Waals surface area contributed by atoms with E-state index in [1.165, 1.54) is 0 Å². The van der Waals surface area contributed by atoms with E-state index in [0.29, 0.717) is 18.9 Å². The van der Waals surface area contributed by atoms with E-state index in [2.05, 4.69) is 10.3 Å². The monoisotopic (exact) mass is 323 g/mol. The molecular formula is C19H21N3O2. The van der Waals surface area contributed by atoms with Gasteiger partial charge in [0.05, 0.1) is 0 Å². The number of hydrogen-bond acceptors (Lipinski definition) is 4. The van der Waals surface area contributed by atoms with Crippen LogP contribution in [-0.2, 0) is 11.2 Å². The molecule has 2 aromatic carbocycles. The zero-order valence-electron chi connectivity index (χ0n) is 13.7. The molecule has 1 atom stereocenters. The first kappa shape index (κ1) is 16.2. The third-order valence-electron chi connectivity index (χ3n) is 3.96. The first-order valence-electron chi connectivity index (χ1n) is 8.06. The number of para-hydroxylation sites is 1. The van der Waals surface area contributed by atoms with E-state index in [9.17, 15) is 4.79 Å². The molecular weight excluding hydrogens is 302 g/mol. The number of nitrogens with zero attached hydrogens (tertiary/aromatic N) is 1. The zero-order valence-corrected chi connectivity index (χ0v) is 13.7. The average Bonchev–Trinajstić information content (AvgIpc) is 3.00. The minimum absolute atomic E-state index is 0.0707. The van der Waals surface area contributed by atoms with Crippen LogP contribution in [0.15, 0.2) is 52.9 Å². The highest BCUT2D eigenvalue weighted by atomic mass is 16.3. The van der Waals surface area contributed by atoms with Gasteiger partial charge in [0.1, 0.15) is 5.52 Å². The third kappa shape index (κ3) is 3.81. The molecule has 0 saturated carbocycles. The predicted octanol–water partition coefficient (Wildman–Crippen LogP) is 2.89. The van der Waals surface area contributed by atoms with Crippen molar-refractivity contribution in [3.05, 3.63) is 65.5 Å². The summed E-state index contributed by atoms with van der Waals surface area (Å²) in [6.07, 6.45) is 0.817. The van der Waals surface area contributed by atoms with E-state index >= 15 is 0 Å². The molecule has 1 heterocycles. The Hall–Kier alpha value is -2.66. The van der Waals surface area contributed by atoms with Gasteiger partial charge in [-0.3, -0.25) is 4.79 Å². The number of carbonyl (C=O) groups is 1. The molecule has 1 aromatic heterocycles. The Labute approximate surface area is 140 Å². The highest BCUT2D eigenvalue weighted by molar-refractivity contribution is 5.77. The minimum atomic E-state index is -0.293. The Morgan fingerprint density at radius 1 is 1.21 bits per heavy atom. The highest BCUT2D eigenvalue weighted by Gasteiger charge is 2.12. The molecule has 0 bridgehead atoms. The summed E-state index contributed by atoms with van der Waals surface area (Å²) in [5, 5.41) is 2.87. The van der Waals surface area contributed by atoms with Crippen LogP contribution in [-0.4, -0.2) is 17.4 Å². The predicted molar refractivity (Wildman–Crippen MR) is 93.4 cm³/mol. The molecule has 1 amide bonds. The maximum absolute atomic E-state index is 12.0. The van der Waals surface area contributed by atoms with Gasteiger partial charge in [-0.2, -0.15) is 0 Å². The van der Waals surface area contributed by atoms with Gasteiger partial charge >= 0.3 is 0 Å². The molecule has 3 N–H and O–H groups in total. The van der Waals surface area contributed by atoms with Crippen molar-refractivity contribution >= 4 is 17.0 Å². The third-order valence-corrected chi connectivity index (χ3v) is 3.96. The van der Waals surface area contributed by atoms with Crippen molar-refractivity contribution in [3.8, 4) is 0 Å². The quantitative estimate of drug-likeness (QED) is 0.731. The number of benzene rings is 2. The number of aromatic nitrogens is 1. The fourth-order valence-electron chi connectivity index (χ4n) is 2.64. The lowest BCUT2D eigenvalue weighted by Gasteiger charge is -2.11. The molecule has 0 aliphatic rings. The normalized spacial score (nSPS) is 12.2. The molecule has 1 unspecified atom stereocenters. The molecule has 0 radical (unpaired) electrons. The Bertz CT molecular complexity index is 827. The summed E-state index contributed by atoms with van der Waals surface area (Å²) >= 11 is 0. The second-order valence-electron chi connectivity index (χ2n) is 5.85. The van der Waals surface area contributed by atoms with Crippen molar-refractivity contribution in [2.45, 2.75) is 25.8 Å². The van der Waals surface area contributed by atoms with E-state index in [0.717, 1.165) is 22.2 Å². The Balaban J connectivity index is 1.50. The van der Waals surface area contributed by atoms with Gasteiger partial charge < -0.3 is 15.5 Å². The Kier molecular flexibility index (Phi) is 4.91. The molecule has 3 rings (SSSR count). The lowest BCUT2D eigenvalue weighted by Crippen LogP contribution is -2.29. The van der Waals surface area contributed by atoms with E-state index in [1.807, 2.05) is 55.5 Å². The first-order chi connectivity index (χ1) is 11.6. The summed E-state index contributed by atoms with van der Waals surface area (Å²) < 4.78 is 5.69. The Morgan fingerprint density at radius 2 is 2.00 bits per heavy atom. The van der Waals surface area contributed by atoms with Gasteiger partial charge in [0.25, 0.3) is 0 Å². The van der Waals surface area contributed by atoms with Crippen molar-refractivity contribution in [2.75, 3.05) is 6.54 Å². The van der Waals surface area contributed by atoms with Crippen LogP contribution in [0.25, 0.3) is 11.1 Å². The van der Waals surface area contributed by atoms with Crippen molar-refractivity contribution in [1.82, 2.24) is 10.3 Å². The fraction of sp³-hybridized carbons (Fsp3) is 0.263. The number of nitrogens with one attached hydrogen (secondary N) is 1. The second-order valence-corrected chi connectivity index (χ2v) is 5.85. The first-order valence-corrected chi connectivity index (χ1v) is 8.06. The standard InChI is InChI=1S/C19H21N3O2/c1-13-6-5-9-16-19(13)22-18(24-16)10-11-21-17(23)12-15(20)14-7-3-2-4-8-14/h2-9,15H,10-12,20H2,1H3,(H,21,23). The van der Waals surface area contributed by atoms with Gasteiger partial charge in [-0.25, -0.2) is 4.98 Å². The number of carbonyl (C=O) groups excluding carboxylic acids is 1. The van der Waals surface area contributed by atoms with Crippen molar-refractivity contribution in [1.29, 1.82) is 0 Å². The lowest BCUT2D eigenvalue weighted by atomic mass is 10.0. The van der Waals surface area contributed by atoms with Gasteiger partial charge in [0, 0.05) is 25.4 Å². The Morgan fingerprint density at radius 3 is 2.75 bits per heavy atom. The van der Waals surface area contributed by atoms with E-state index < -0.39 is 0 Å². The number of aryl methyl sites for hydroxylation is 1. The van der Waals surface area contributed by atoms with Gasteiger partial charge in [-0.1, -0.05) is 42.5 Å². The summed E-state index contributed by atoms with van der Waals surface area (Å²) in [6.45, 7) is 2.48. The van der Waals surface area contributed by atoms with E-state index in [4.69, 9.17) is 10.2 Å². The highest BCUT2D eigenvalue weighted by Crippen LogP contribution is 2.19. The smallest absolute Gasteiger partial charge is 0.221 e. The summed E-state index contributed by atoms with van der Waals surface area (Å²) in [5.41, 5.74) is 9.76. The summed E-state index contributed by atoms with van der Waals surface area (Å²) in [5.74, 6) is 0.561. The molecule has 0 fully saturated rings. The maximum atomic E-state index is 12.0. The SMILES string of the molecule is Cc1cccc2oc(CCNC(=O)CC(N)c3ccccc3)nc12. The van der Waals surface area contributed by atoms with Crippen LogP contribution >= 0.6 is 0 Å². The van der Waals surface area contributed by atoms with Gasteiger partial charge in [-0.15, -0.1) is 0 Å². The maximum Gasteiger partial charge on any atom is 0.221 e. The van der Waals surface area contributed by atoms with Crippen LogP contribution in [0.2, 0.25) is 0 Å². The molecule has 0 aliphatic heterocycles. The summed E-state index contributed by atoms with van der Waals surface area (Å²) in [4.78, 5) is 16.5. The van der Waals surface area contributed by atoms with Crippen molar-refractivity contribution in [2.24, 2.45) is 5.73 Å². The van der Waals surface area contributed by atoms with Crippen LogP contribution < -0.4 is 11.1 Å². The van der Waals surface area contributed by atoms with Crippen LogP contribution in [0.5, 0.6) is 0 Å². The number of nitrogens with two attached hydrogens (primary N) is 1. The number of amides is 1. The van der Waals surface area contributed by atoms with Crippen LogP contribution in [0.1, 0.15) is 29.5 Å². The summed E-state index contributed by atoms with van der Waals surface area (Å²) in [6, 6.07) is 15.2. The zero-order chi connectivity index (χ0) is 16.9. The molecule has 3 aromatic rings. The average molecular weight is 323 g/mol. The molecule has 24 heavy (non-hydrogen) atoms. The number of oxazole rings is 1. The number of fused-ring (bicyclic) bond motifs is 1. The van der Waals surface area contributed by atoms with E-state index in [1.54, 1.807) is 0 Å². The van der Waals surface area contributed by atoms with Gasteiger partial charge in [0.2, 0.25) is 5.91 Å². The molecule has 0 spiro atoms. The second kappa shape index (κ2) is 7.27. The topological polar surface area (TPSA) is 81.2 Å². The van der Waals surface area contributed by atoms with Crippen molar-refractivity contribution in [3.63, 3.8) is 0 Å². The summed E-state index contributed by atoms with van der Waals surface area (Å²) in [7, 11) is 0. The van der Waals surface area contributed by atoms with Gasteiger partial charge in [0.15, 0.2) is 11.5 Å². The van der Waals surface area contributed by atoms with E-state index in [-0.39, 0.29) is 18.4 Å². The van der Waals surface area contributed by atoms with Crippen LogP contribution in [0.4, 0.5) is 0 Å². The molecule has 0 saturated heterocycles. The van der Waals surface area contributed by atoms with Crippen LogP contribution in [0, 0.1) is 6.92 Å². The van der Waals surface area contributed by atoms with Crippen molar-refractivity contribution < 1.29 is 9.21 Å². The minimum Gasteiger partial charge on any atom is -0.441 e. The molecule has 0 aliphatic carbocycles. The molecule has 5 heteroatoms. The lowest BCUT2D eigenvalue weighted by molar-refractivity contribution is -0.121.